The van der Waals surface area contributed by atoms with Gasteiger partial charge in [0.15, 0.2) is 0 Å². The average Bonchev–Trinajstić information content (AvgIpc) is 2.26. The van der Waals surface area contributed by atoms with Crippen LogP contribution in [0.1, 0.15) is 11.1 Å². The van der Waals surface area contributed by atoms with Gasteiger partial charge in [-0.25, -0.2) is 9.37 Å². The molecule has 4 N–H and O–H groups in total. The summed E-state index contributed by atoms with van der Waals surface area (Å²) in [5.41, 5.74) is 12.3. The first-order valence-electron chi connectivity index (χ1n) is 5.01. The summed E-state index contributed by atoms with van der Waals surface area (Å²) in [6.45, 7) is 0. The summed E-state index contributed by atoms with van der Waals surface area (Å²) in [6.07, 6.45) is 0.296. The molecule has 2 aromatic rings. The van der Waals surface area contributed by atoms with Gasteiger partial charge in [-0.2, -0.15) is 0 Å². The highest BCUT2D eigenvalue weighted by atomic mass is 35.5. The highest BCUT2D eigenvalue weighted by Crippen LogP contribution is 2.24. The van der Waals surface area contributed by atoms with Crippen LogP contribution in [0, 0.1) is 5.82 Å². The van der Waals surface area contributed by atoms with Gasteiger partial charge in [0.05, 0.1) is 0 Å². The van der Waals surface area contributed by atoms with Crippen molar-refractivity contribution in [2.45, 2.75) is 6.42 Å². The lowest BCUT2D eigenvalue weighted by Crippen LogP contribution is -2.03. The van der Waals surface area contributed by atoms with E-state index < -0.39 is 0 Å². The highest BCUT2D eigenvalue weighted by molar-refractivity contribution is 6.31. The molecular formula is C12H11ClFN3. The van der Waals surface area contributed by atoms with E-state index in [2.05, 4.69) is 4.98 Å². The van der Waals surface area contributed by atoms with Crippen LogP contribution in [0.4, 0.5) is 16.0 Å². The van der Waals surface area contributed by atoms with Gasteiger partial charge in [-0.1, -0.05) is 23.7 Å². The monoisotopic (exact) mass is 251 g/mol. The van der Waals surface area contributed by atoms with E-state index >= 15 is 0 Å². The van der Waals surface area contributed by atoms with Crippen LogP contribution in [-0.4, -0.2) is 4.98 Å². The number of rotatable bonds is 2. The van der Waals surface area contributed by atoms with Crippen molar-refractivity contribution in [2.75, 3.05) is 11.5 Å². The van der Waals surface area contributed by atoms with Crippen molar-refractivity contribution >= 4 is 23.2 Å². The van der Waals surface area contributed by atoms with Gasteiger partial charge in [-0.3, -0.25) is 0 Å². The topological polar surface area (TPSA) is 64.9 Å². The summed E-state index contributed by atoms with van der Waals surface area (Å²) >= 11 is 5.94. The lowest BCUT2D eigenvalue weighted by Gasteiger charge is -2.08. The summed E-state index contributed by atoms with van der Waals surface area (Å²) in [5.74, 6) is 0.281. The first-order valence-corrected chi connectivity index (χ1v) is 5.39. The van der Waals surface area contributed by atoms with E-state index in [1.165, 1.54) is 6.07 Å². The molecule has 5 heteroatoms. The molecule has 0 atom stereocenters. The zero-order chi connectivity index (χ0) is 12.4. The van der Waals surface area contributed by atoms with Gasteiger partial charge < -0.3 is 11.5 Å². The number of aromatic nitrogens is 1. The molecule has 1 aromatic heterocycles. The minimum Gasteiger partial charge on any atom is -0.384 e. The van der Waals surface area contributed by atoms with Crippen LogP contribution in [0.15, 0.2) is 30.3 Å². The van der Waals surface area contributed by atoms with Crippen molar-refractivity contribution in [2.24, 2.45) is 0 Å². The molecule has 17 heavy (non-hydrogen) atoms. The molecule has 0 saturated heterocycles. The molecule has 1 heterocycles. The predicted molar refractivity (Wildman–Crippen MR) is 67.3 cm³/mol. The van der Waals surface area contributed by atoms with Crippen molar-refractivity contribution in [3.63, 3.8) is 0 Å². The van der Waals surface area contributed by atoms with Gasteiger partial charge in [-0.15, -0.1) is 0 Å². The number of hydrogen-bond donors (Lipinski definition) is 2. The number of halogens is 2. The van der Waals surface area contributed by atoms with E-state index in [1.54, 1.807) is 24.3 Å². The third-order valence-corrected chi connectivity index (χ3v) is 2.82. The Morgan fingerprint density at radius 1 is 1.18 bits per heavy atom. The standard InChI is InChI=1S/C12H11ClFN3/c13-9-2-1-3-10(14)8(9)6-7-4-5-11(15)17-12(7)16/h1-5H,6H2,(H4,15,16,17). The summed E-state index contributed by atoms with van der Waals surface area (Å²) in [5, 5.41) is 0.376. The molecule has 0 amide bonds. The molecular weight excluding hydrogens is 241 g/mol. The molecule has 0 saturated carbocycles. The number of nitrogen functional groups attached to an aromatic ring is 2. The molecule has 0 unspecified atom stereocenters. The van der Waals surface area contributed by atoms with E-state index in [0.717, 1.165) is 0 Å². The third-order valence-electron chi connectivity index (χ3n) is 2.46. The second-order valence-corrected chi connectivity index (χ2v) is 4.06. The molecule has 0 aliphatic heterocycles. The fourth-order valence-electron chi connectivity index (χ4n) is 1.56. The SMILES string of the molecule is Nc1ccc(Cc2c(F)cccc2Cl)c(N)n1. The third kappa shape index (κ3) is 2.47. The average molecular weight is 252 g/mol. The van der Waals surface area contributed by atoms with Crippen molar-refractivity contribution in [1.29, 1.82) is 0 Å². The van der Waals surface area contributed by atoms with Crippen LogP contribution in [-0.2, 0) is 6.42 Å². The second kappa shape index (κ2) is 4.59. The molecule has 0 radical (unpaired) electrons. The van der Waals surface area contributed by atoms with Crippen molar-refractivity contribution in [3.8, 4) is 0 Å². The Bertz CT molecular complexity index is 537. The molecule has 2 rings (SSSR count). The minimum absolute atomic E-state index is 0.296. The lowest BCUT2D eigenvalue weighted by molar-refractivity contribution is 0.614. The first-order chi connectivity index (χ1) is 8.08. The van der Waals surface area contributed by atoms with Gasteiger partial charge >= 0.3 is 0 Å². The molecule has 0 aliphatic carbocycles. The maximum Gasteiger partial charge on any atom is 0.129 e. The Morgan fingerprint density at radius 3 is 2.59 bits per heavy atom. The number of nitrogens with zero attached hydrogens (tertiary/aromatic N) is 1. The van der Waals surface area contributed by atoms with Crippen LogP contribution in [0.5, 0.6) is 0 Å². The molecule has 0 bridgehead atoms. The molecule has 0 aliphatic rings. The number of benzene rings is 1. The van der Waals surface area contributed by atoms with Gasteiger partial charge in [0.1, 0.15) is 17.5 Å². The number of hydrogen-bond acceptors (Lipinski definition) is 3. The van der Waals surface area contributed by atoms with E-state index in [1.807, 2.05) is 0 Å². The van der Waals surface area contributed by atoms with Crippen LogP contribution < -0.4 is 11.5 Å². The minimum atomic E-state index is -0.353. The number of nitrogens with two attached hydrogens (primary N) is 2. The Balaban J connectivity index is 2.38. The Hall–Kier alpha value is -1.81. The maximum atomic E-state index is 13.6. The quantitative estimate of drug-likeness (QED) is 0.862. The Labute approximate surface area is 103 Å². The first kappa shape index (κ1) is 11.7. The highest BCUT2D eigenvalue weighted by Gasteiger charge is 2.10. The van der Waals surface area contributed by atoms with Gasteiger partial charge in [-0.05, 0) is 23.8 Å². The smallest absolute Gasteiger partial charge is 0.129 e. The van der Waals surface area contributed by atoms with Crippen LogP contribution in [0.3, 0.4) is 0 Å². The zero-order valence-corrected chi connectivity index (χ0v) is 9.71. The normalized spacial score (nSPS) is 10.5. The molecule has 3 nitrogen and oxygen atoms in total. The van der Waals surface area contributed by atoms with E-state index in [0.29, 0.717) is 34.2 Å². The van der Waals surface area contributed by atoms with Crippen LogP contribution in [0.2, 0.25) is 5.02 Å². The van der Waals surface area contributed by atoms with Crippen LogP contribution in [0.25, 0.3) is 0 Å². The van der Waals surface area contributed by atoms with E-state index in [-0.39, 0.29) is 5.82 Å². The summed E-state index contributed by atoms with van der Waals surface area (Å²) in [6, 6.07) is 7.91. The molecule has 0 spiro atoms. The van der Waals surface area contributed by atoms with E-state index in [9.17, 15) is 4.39 Å². The van der Waals surface area contributed by atoms with E-state index in [4.69, 9.17) is 23.1 Å². The van der Waals surface area contributed by atoms with Gasteiger partial charge in [0.25, 0.3) is 0 Å². The summed E-state index contributed by atoms with van der Waals surface area (Å²) in [4.78, 5) is 3.92. The largest absolute Gasteiger partial charge is 0.384 e. The second-order valence-electron chi connectivity index (χ2n) is 3.66. The summed E-state index contributed by atoms with van der Waals surface area (Å²) < 4.78 is 13.6. The number of pyridine rings is 1. The van der Waals surface area contributed by atoms with Gasteiger partial charge in [0.2, 0.25) is 0 Å². The van der Waals surface area contributed by atoms with Crippen LogP contribution >= 0.6 is 11.6 Å². The lowest BCUT2D eigenvalue weighted by atomic mass is 10.1. The Kier molecular flexibility index (Phi) is 3.15. The van der Waals surface area contributed by atoms with Gasteiger partial charge in [0, 0.05) is 17.0 Å². The fraction of sp³-hybridized carbons (Fsp3) is 0.0833. The van der Waals surface area contributed by atoms with Crippen molar-refractivity contribution in [1.82, 2.24) is 4.98 Å². The van der Waals surface area contributed by atoms with Crippen molar-refractivity contribution < 1.29 is 4.39 Å². The number of anilines is 2. The van der Waals surface area contributed by atoms with Crippen molar-refractivity contribution in [3.05, 3.63) is 52.3 Å². The predicted octanol–water partition coefficient (Wildman–Crippen LogP) is 2.63. The summed E-state index contributed by atoms with van der Waals surface area (Å²) in [7, 11) is 0. The maximum absolute atomic E-state index is 13.6. The molecule has 0 fully saturated rings. The zero-order valence-electron chi connectivity index (χ0n) is 8.95. The molecule has 88 valence electrons. The Morgan fingerprint density at radius 2 is 1.94 bits per heavy atom. The fourth-order valence-corrected chi connectivity index (χ4v) is 1.79. The molecule has 1 aromatic carbocycles.